The lowest BCUT2D eigenvalue weighted by atomic mass is 9.90. The summed E-state index contributed by atoms with van der Waals surface area (Å²) in [5.41, 5.74) is 2.06. The third-order valence-corrected chi connectivity index (χ3v) is 3.59. The molecule has 0 aliphatic heterocycles. The molecular weight excluding hydrogens is 312 g/mol. The van der Waals surface area contributed by atoms with Crippen molar-refractivity contribution in [2.75, 3.05) is 7.11 Å². The van der Waals surface area contributed by atoms with Crippen LogP contribution in [0.25, 0.3) is 11.1 Å². The Morgan fingerprint density at radius 2 is 1.79 bits per heavy atom. The second-order valence-electron chi connectivity index (χ2n) is 5.07. The van der Waals surface area contributed by atoms with Gasteiger partial charge < -0.3 is 19.7 Å². The fraction of sp³-hybridized carbons (Fsp3) is 0.222. The predicted octanol–water partition coefficient (Wildman–Crippen LogP) is 3.39. The Kier molecular flexibility index (Phi) is 5.42. The summed E-state index contributed by atoms with van der Waals surface area (Å²) < 4.78 is 9.54. The zero-order valence-corrected chi connectivity index (χ0v) is 13.4. The van der Waals surface area contributed by atoms with Gasteiger partial charge >= 0.3 is 12.1 Å². The normalized spacial score (nSPS) is 10.2. The second kappa shape index (κ2) is 7.50. The van der Waals surface area contributed by atoms with Crippen LogP contribution < -0.4 is 4.74 Å². The van der Waals surface area contributed by atoms with Crippen molar-refractivity contribution in [1.82, 2.24) is 0 Å². The van der Waals surface area contributed by atoms with Crippen LogP contribution in [0, 0.1) is 0 Å². The van der Waals surface area contributed by atoms with E-state index in [1.165, 1.54) is 13.2 Å². The van der Waals surface area contributed by atoms with E-state index in [0.717, 1.165) is 0 Å². The zero-order chi connectivity index (χ0) is 17.7. The van der Waals surface area contributed by atoms with E-state index in [2.05, 4.69) is 4.74 Å². The number of benzene rings is 2. The Bertz CT molecular complexity index is 752. The highest BCUT2D eigenvalue weighted by molar-refractivity contribution is 5.83. The van der Waals surface area contributed by atoms with Gasteiger partial charge in [0.05, 0.1) is 13.5 Å². The van der Waals surface area contributed by atoms with E-state index < -0.39 is 12.1 Å². The largest absolute Gasteiger partial charge is 0.513 e. The fourth-order valence-electron chi connectivity index (χ4n) is 2.62. The molecule has 2 aromatic rings. The number of carbonyl (C=O) groups is 2. The summed E-state index contributed by atoms with van der Waals surface area (Å²) in [5, 5.41) is 19.7. The molecule has 0 fully saturated rings. The van der Waals surface area contributed by atoms with E-state index in [4.69, 9.17) is 4.74 Å². The van der Waals surface area contributed by atoms with Gasteiger partial charge in [-0.2, -0.15) is 0 Å². The lowest BCUT2D eigenvalue weighted by molar-refractivity contribution is -0.136. The van der Waals surface area contributed by atoms with Crippen LogP contribution in [-0.2, 0) is 22.4 Å². The molecule has 126 valence electrons. The third-order valence-electron chi connectivity index (χ3n) is 3.59. The lowest BCUT2D eigenvalue weighted by Gasteiger charge is -2.18. The van der Waals surface area contributed by atoms with Crippen molar-refractivity contribution < 1.29 is 29.3 Å². The monoisotopic (exact) mass is 330 g/mol. The van der Waals surface area contributed by atoms with Gasteiger partial charge in [0, 0.05) is 11.6 Å². The molecule has 0 heterocycles. The van der Waals surface area contributed by atoms with Crippen LogP contribution in [0.2, 0.25) is 0 Å². The minimum Gasteiger partial charge on any atom is -0.507 e. The molecule has 0 spiro atoms. The Morgan fingerprint density at radius 3 is 2.33 bits per heavy atom. The van der Waals surface area contributed by atoms with Crippen LogP contribution >= 0.6 is 0 Å². The van der Waals surface area contributed by atoms with Crippen LogP contribution in [0.15, 0.2) is 36.4 Å². The molecule has 0 aliphatic carbocycles. The van der Waals surface area contributed by atoms with E-state index in [1.807, 2.05) is 13.0 Å². The standard InChI is InChI=1S/C18H18O6/c1-3-12-13(9-16(20)21)17(11-7-5-4-6-8-11)14(19)10-15(12)24-18(22)23-2/h4-8,10,19H,3,9H2,1-2H3,(H,20,21). The first kappa shape index (κ1) is 17.3. The molecule has 0 saturated carbocycles. The van der Waals surface area contributed by atoms with Crippen LogP contribution in [0.5, 0.6) is 11.5 Å². The molecule has 6 heteroatoms. The molecule has 2 aromatic carbocycles. The van der Waals surface area contributed by atoms with Crippen LogP contribution in [0.1, 0.15) is 18.1 Å². The van der Waals surface area contributed by atoms with Gasteiger partial charge in [0.1, 0.15) is 11.5 Å². The molecule has 0 aliphatic rings. The number of aromatic hydroxyl groups is 1. The smallest absolute Gasteiger partial charge is 0.507 e. The van der Waals surface area contributed by atoms with Gasteiger partial charge in [0.25, 0.3) is 0 Å². The maximum atomic E-state index is 11.4. The Balaban J connectivity index is 2.70. The summed E-state index contributed by atoms with van der Waals surface area (Å²) in [6, 6.07) is 10.3. The number of rotatable bonds is 5. The fourth-order valence-corrected chi connectivity index (χ4v) is 2.62. The molecular formula is C18H18O6. The quantitative estimate of drug-likeness (QED) is 0.645. The van der Waals surface area contributed by atoms with E-state index in [9.17, 15) is 19.8 Å². The number of aliphatic carboxylic acids is 1. The van der Waals surface area contributed by atoms with Crippen molar-refractivity contribution in [3.8, 4) is 22.6 Å². The van der Waals surface area contributed by atoms with Crippen molar-refractivity contribution in [3.63, 3.8) is 0 Å². The van der Waals surface area contributed by atoms with Crippen LogP contribution in [0.4, 0.5) is 4.79 Å². The molecule has 0 atom stereocenters. The van der Waals surface area contributed by atoms with Crippen molar-refractivity contribution in [3.05, 3.63) is 47.5 Å². The number of ether oxygens (including phenoxy) is 2. The average Bonchev–Trinajstić information content (AvgIpc) is 2.55. The van der Waals surface area contributed by atoms with Crippen LogP contribution in [0.3, 0.4) is 0 Å². The molecule has 6 nitrogen and oxygen atoms in total. The lowest BCUT2D eigenvalue weighted by Crippen LogP contribution is -2.12. The number of carbonyl (C=O) groups excluding carboxylic acids is 1. The van der Waals surface area contributed by atoms with E-state index in [-0.39, 0.29) is 17.9 Å². The number of hydrogen-bond acceptors (Lipinski definition) is 5. The molecule has 2 rings (SSSR count). The van der Waals surface area contributed by atoms with Crippen molar-refractivity contribution >= 4 is 12.1 Å². The minimum atomic E-state index is -1.04. The number of phenolic OH excluding ortho intramolecular Hbond substituents is 1. The van der Waals surface area contributed by atoms with Gasteiger partial charge in [0.2, 0.25) is 0 Å². The Hall–Kier alpha value is -3.02. The summed E-state index contributed by atoms with van der Waals surface area (Å²) in [6.45, 7) is 1.82. The first-order valence-corrected chi connectivity index (χ1v) is 7.38. The topological polar surface area (TPSA) is 93.1 Å². The molecule has 0 aromatic heterocycles. The zero-order valence-electron chi connectivity index (χ0n) is 13.4. The minimum absolute atomic E-state index is 0.0952. The molecule has 2 N–H and O–H groups in total. The number of carboxylic acids is 1. The predicted molar refractivity (Wildman–Crippen MR) is 87.3 cm³/mol. The third kappa shape index (κ3) is 3.65. The Morgan fingerprint density at radius 1 is 1.12 bits per heavy atom. The van der Waals surface area contributed by atoms with Gasteiger partial charge in [-0.05, 0) is 23.1 Å². The SMILES string of the molecule is CCc1c(OC(=O)OC)cc(O)c(-c2ccccc2)c1CC(=O)O. The molecule has 0 unspecified atom stereocenters. The van der Waals surface area contributed by atoms with Gasteiger partial charge in [-0.25, -0.2) is 4.79 Å². The number of methoxy groups -OCH3 is 1. The maximum Gasteiger partial charge on any atom is 0.513 e. The van der Waals surface area contributed by atoms with Gasteiger partial charge in [0.15, 0.2) is 0 Å². The molecule has 24 heavy (non-hydrogen) atoms. The van der Waals surface area contributed by atoms with E-state index in [1.54, 1.807) is 24.3 Å². The van der Waals surface area contributed by atoms with Crippen molar-refractivity contribution in [1.29, 1.82) is 0 Å². The van der Waals surface area contributed by atoms with E-state index >= 15 is 0 Å². The molecule has 0 saturated heterocycles. The van der Waals surface area contributed by atoms with E-state index in [0.29, 0.717) is 28.7 Å². The summed E-state index contributed by atoms with van der Waals surface area (Å²) >= 11 is 0. The highest BCUT2D eigenvalue weighted by Crippen LogP contribution is 2.40. The highest BCUT2D eigenvalue weighted by atomic mass is 16.7. The van der Waals surface area contributed by atoms with Gasteiger partial charge in [-0.15, -0.1) is 0 Å². The van der Waals surface area contributed by atoms with Gasteiger partial charge in [-0.1, -0.05) is 37.3 Å². The first-order chi connectivity index (χ1) is 11.5. The number of carboxylic acid groups (broad SMARTS) is 1. The van der Waals surface area contributed by atoms with Crippen molar-refractivity contribution in [2.24, 2.45) is 0 Å². The molecule has 0 amide bonds. The molecule has 0 radical (unpaired) electrons. The van der Waals surface area contributed by atoms with Gasteiger partial charge in [-0.3, -0.25) is 4.79 Å². The van der Waals surface area contributed by atoms with Crippen molar-refractivity contribution in [2.45, 2.75) is 19.8 Å². The average molecular weight is 330 g/mol. The maximum absolute atomic E-state index is 11.4. The second-order valence-corrected chi connectivity index (χ2v) is 5.07. The molecule has 0 bridgehead atoms. The summed E-state index contributed by atoms with van der Waals surface area (Å²) in [7, 11) is 1.17. The first-order valence-electron chi connectivity index (χ1n) is 7.38. The number of hydrogen-bond donors (Lipinski definition) is 2. The summed E-state index contributed by atoms with van der Waals surface area (Å²) in [4.78, 5) is 22.7. The Labute approximate surface area is 139 Å². The van der Waals surface area contributed by atoms with Crippen LogP contribution in [-0.4, -0.2) is 29.4 Å². The summed E-state index contributed by atoms with van der Waals surface area (Å²) in [6.07, 6.45) is -0.813. The number of phenols is 1. The highest BCUT2D eigenvalue weighted by Gasteiger charge is 2.22. The summed E-state index contributed by atoms with van der Waals surface area (Å²) in [5.74, 6) is -1.11.